The fraction of sp³-hybridized carbons (Fsp3) is 0.650. The van der Waals surface area contributed by atoms with E-state index in [0.717, 1.165) is 56.4 Å². The Morgan fingerprint density at radius 1 is 1.23 bits per heavy atom. The van der Waals surface area contributed by atoms with Gasteiger partial charge in [-0.15, -0.1) is 0 Å². The SMILES string of the molecule is CN=C(NCC(C)(C)c1ccc(Br)cc1)N1CCC(N2CCOCC2)C1. The molecule has 0 radical (unpaired) electrons. The molecule has 0 aliphatic carbocycles. The van der Waals surface area contributed by atoms with Crippen molar-refractivity contribution in [2.75, 3.05) is 53.0 Å². The summed E-state index contributed by atoms with van der Waals surface area (Å²) in [6.07, 6.45) is 1.21. The molecule has 144 valence electrons. The fourth-order valence-electron chi connectivity index (χ4n) is 3.81. The molecule has 5 nitrogen and oxygen atoms in total. The third-order valence-corrected chi connectivity index (χ3v) is 6.08. The zero-order valence-electron chi connectivity index (χ0n) is 16.2. The van der Waals surface area contributed by atoms with Crippen molar-refractivity contribution >= 4 is 21.9 Å². The molecular formula is C20H31BrN4O. The molecule has 0 amide bonds. The number of hydrogen-bond donors (Lipinski definition) is 1. The van der Waals surface area contributed by atoms with Gasteiger partial charge in [0.05, 0.1) is 13.2 Å². The van der Waals surface area contributed by atoms with E-state index in [1.165, 1.54) is 12.0 Å². The van der Waals surface area contributed by atoms with Gasteiger partial charge < -0.3 is 15.0 Å². The van der Waals surface area contributed by atoms with Gasteiger partial charge in [-0.1, -0.05) is 41.9 Å². The van der Waals surface area contributed by atoms with Crippen molar-refractivity contribution in [3.8, 4) is 0 Å². The molecule has 2 saturated heterocycles. The predicted molar refractivity (Wildman–Crippen MR) is 111 cm³/mol. The van der Waals surface area contributed by atoms with E-state index in [1.54, 1.807) is 0 Å². The van der Waals surface area contributed by atoms with E-state index >= 15 is 0 Å². The number of nitrogens with one attached hydrogen (secondary N) is 1. The minimum absolute atomic E-state index is 0.0416. The first kappa shape index (κ1) is 19.6. The standard InChI is InChI=1S/C20H31BrN4O/c1-20(2,16-4-6-17(21)7-5-16)15-23-19(22-3)25-9-8-18(14-25)24-10-12-26-13-11-24/h4-7,18H,8-15H2,1-3H3,(H,22,23). The molecule has 1 aromatic rings. The molecule has 0 bridgehead atoms. The van der Waals surface area contributed by atoms with Crippen LogP contribution in [-0.4, -0.2) is 74.8 Å². The molecular weight excluding hydrogens is 392 g/mol. The van der Waals surface area contributed by atoms with Crippen LogP contribution >= 0.6 is 15.9 Å². The van der Waals surface area contributed by atoms with Crippen LogP contribution in [0.5, 0.6) is 0 Å². The van der Waals surface area contributed by atoms with Gasteiger partial charge in [0.1, 0.15) is 0 Å². The van der Waals surface area contributed by atoms with Crippen molar-refractivity contribution in [2.45, 2.75) is 31.7 Å². The lowest BCUT2D eigenvalue weighted by atomic mass is 9.85. The van der Waals surface area contributed by atoms with Gasteiger partial charge in [-0.05, 0) is 24.1 Å². The Hall–Kier alpha value is -1.11. The summed E-state index contributed by atoms with van der Waals surface area (Å²) in [4.78, 5) is 9.51. The maximum Gasteiger partial charge on any atom is 0.193 e. The van der Waals surface area contributed by atoms with Crippen LogP contribution < -0.4 is 5.32 Å². The summed E-state index contributed by atoms with van der Waals surface area (Å²) >= 11 is 3.52. The van der Waals surface area contributed by atoms with Gasteiger partial charge in [-0.25, -0.2) is 0 Å². The van der Waals surface area contributed by atoms with E-state index < -0.39 is 0 Å². The van der Waals surface area contributed by atoms with E-state index in [9.17, 15) is 0 Å². The molecule has 1 atom stereocenters. The van der Waals surface area contributed by atoms with Crippen molar-refractivity contribution in [1.29, 1.82) is 0 Å². The molecule has 2 aliphatic heterocycles. The highest BCUT2D eigenvalue weighted by Gasteiger charge is 2.31. The van der Waals surface area contributed by atoms with Crippen molar-refractivity contribution in [3.05, 3.63) is 34.3 Å². The highest BCUT2D eigenvalue weighted by Crippen LogP contribution is 2.24. The maximum absolute atomic E-state index is 5.49. The summed E-state index contributed by atoms with van der Waals surface area (Å²) in [5.41, 5.74) is 1.37. The smallest absolute Gasteiger partial charge is 0.193 e. The van der Waals surface area contributed by atoms with Gasteiger partial charge in [0.25, 0.3) is 0 Å². The molecule has 1 unspecified atom stereocenters. The predicted octanol–water partition coefficient (Wildman–Crippen LogP) is 2.71. The van der Waals surface area contributed by atoms with E-state index in [-0.39, 0.29) is 5.41 Å². The van der Waals surface area contributed by atoms with Gasteiger partial charge in [0.15, 0.2) is 5.96 Å². The molecule has 1 N–H and O–H groups in total. The lowest BCUT2D eigenvalue weighted by Gasteiger charge is -2.33. The van der Waals surface area contributed by atoms with E-state index in [1.807, 2.05) is 7.05 Å². The van der Waals surface area contributed by atoms with Crippen LogP contribution in [0.2, 0.25) is 0 Å². The van der Waals surface area contributed by atoms with Crippen LogP contribution in [0.1, 0.15) is 25.8 Å². The van der Waals surface area contributed by atoms with E-state index in [4.69, 9.17) is 4.74 Å². The summed E-state index contributed by atoms with van der Waals surface area (Å²) in [6, 6.07) is 9.23. The van der Waals surface area contributed by atoms with Crippen LogP contribution in [0.25, 0.3) is 0 Å². The lowest BCUT2D eigenvalue weighted by Crippen LogP contribution is -2.48. The first-order chi connectivity index (χ1) is 12.5. The van der Waals surface area contributed by atoms with Gasteiger partial charge in [-0.2, -0.15) is 0 Å². The second kappa shape index (κ2) is 8.72. The number of benzene rings is 1. The molecule has 1 aromatic carbocycles. The third-order valence-electron chi connectivity index (χ3n) is 5.55. The Labute approximate surface area is 165 Å². The highest BCUT2D eigenvalue weighted by molar-refractivity contribution is 9.10. The number of rotatable bonds is 4. The molecule has 2 heterocycles. The number of morpholine rings is 1. The van der Waals surface area contributed by atoms with Crippen LogP contribution in [-0.2, 0) is 10.2 Å². The minimum atomic E-state index is 0.0416. The van der Waals surface area contributed by atoms with Gasteiger partial charge in [0, 0.05) is 55.7 Å². The Balaban J connectivity index is 1.55. The van der Waals surface area contributed by atoms with Crippen LogP contribution in [0, 0.1) is 0 Å². The van der Waals surface area contributed by atoms with Crippen molar-refractivity contribution < 1.29 is 4.74 Å². The third kappa shape index (κ3) is 4.78. The molecule has 3 rings (SSSR count). The number of likely N-dealkylation sites (tertiary alicyclic amines) is 1. The van der Waals surface area contributed by atoms with Crippen molar-refractivity contribution in [1.82, 2.24) is 15.1 Å². The molecule has 2 fully saturated rings. The molecule has 0 aromatic heterocycles. The minimum Gasteiger partial charge on any atom is -0.379 e. The maximum atomic E-state index is 5.49. The lowest BCUT2D eigenvalue weighted by molar-refractivity contribution is 0.0195. The highest BCUT2D eigenvalue weighted by atomic mass is 79.9. The number of guanidine groups is 1. The number of halogens is 1. The van der Waals surface area contributed by atoms with Crippen LogP contribution in [0.15, 0.2) is 33.7 Å². The van der Waals surface area contributed by atoms with Crippen molar-refractivity contribution in [2.24, 2.45) is 4.99 Å². The summed E-state index contributed by atoms with van der Waals surface area (Å²) < 4.78 is 6.60. The van der Waals surface area contributed by atoms with E-state index in [2.05, 4.69) is 74.2 Å². The molecule has 0 saturated carbocycles. The molecule has 2 aliphatic rings. The number of hydrogen-bond acceptors (Lipinski definition) is 3. The van der Waals surface area contributed by atoms with Crippen LogP contribution in [0.4, 0.5) is 0 Å². The molecule has 6 heteroatoms. The average Bonchev–Trinajstić information content (AvgIpc) is 3.13. The number of ether oxygens (including phenoxy) is 1. The van der Waals surface area contributed by atoms with Crippen LogP contribution in [0.3, 0.4) is 0 Å². The van der Waals surface area contributed by atoms with Gasteiger partial charge in [-0.3, -0.25) is 9.89 Å². The fourth-order valence-corrected chi connectivity index (χ4v) is 4.07. The Kier molecular flexibility index (Phi) is 6.59. The quantitative estimate of drug-likeness (QED) is 0.597. The zero-order chi connectivity index (χ0) is 18.6. The Bertz CT molecular complexity index is 611. The average molecular weight is 423 g/mol. The Morgan fingerprint density at radius 2 is 1.92 bits per heavy atom. The normalized spacial score (nSPS) is 22.7. The summed E-state index contributed by atoms with van der Waals surface area (Å²) in [7, 11) is 1.89. The summed E-state index contributed by atoms with van der Waals surface area (Å²) in [5, 5.41) is 3.61. The zero-order valence-corrected chi connectivity index (χ0v) is 17.8. The van der Waals surface area contributed by atoms with Crippen molar-refractivity contribution in [3.63, 3.8) is 0 Å². The van der Waals surface area contributed by atoms with E-state index in [0.29, 0.717) is 6.04 Å². The largest absolute Gasteiger partial charge is 0.379 e. The summed E-state index contributed by atoms with van der Waals surface area (Å²) in [5.74, 6) is 1.02. The summed E-state index contributed by atoms with van der Waals surface area (Å²) in [6.45, 7) is 11.4. The van der Waals surface area contributed by atoms with Gasteiger partial charge in [0.2, 0.25) is 0 Å². The second-order valence-corrected chi connectivity index (χ2v) is 8.74. The second-order valence-electron chi connectivity index (χ2n) is 7.83. The first-order valence-corrected chi connectivity index (χ1v) is 10.3. The van der Waals surface area contributed by atoms with Gasteiger partial charge >= 0.3 is 0 Å². The molecule has 0 spiro atoms. The topological polar surface area (TPSA) is 40.1 Å². The monoisotopic (exact) mass is 422 g/mol. The number of nitrogens with zero attached hydrogens (tertiary/aromatic N) is 3. The number of aliphatic imine (C=N–C) groups is 1. The Morgan fingerprint density at radius 3 is 2.58 bits per heavy atom. The molecule has 26 heavy (non-hydrogen) atoms. The first-order valence-electron chi connectivity index (χ1n) is 9.53.